The molecule has 0 bridgehead atoms. The first kappa shape index (κ1) is 29.3. The van der Waals surface area contributed by atoms with E-state index in [4.69, 9.17) is 9.84 Å². The molecule has 0 amide bonds. The molecule has 8 heteroatoms. The Morgan fingerprint density at radius 2 is 1.46 bits per heavy atom. The molecule has 0 fully saturated rings. The van der Waals surface area contributed by atoms with E-state index in [-0.39, 0.29) is 34.6 Å². The zero-order valence-electron chi connectivity index (χ0n) is 22.6. The Morgan fingerprint density at radius 3 is 2.12 bits per heavy atom. The molecule has 3 aromatic rings. The van der Waals surface area contributed by atoms with Crippen molar-refractivity contribution in [2.24, 2.45) is 5.92 Å². The Morgan fingerprint density at radius 1 is 0.829 bits per heavy atom. The fraction of sp³-hybridized carbons (Fsp3) is 0.242. The molecule has 41 heavy (non-hydrogen) atoms. The Hall–Kier alpha value is -4.69. The minimum Gasteiger partial charge on any atom is -0.504 e. The third kappa shape index (κ3) is 6.39. The van der Waals surface area contributed by atoms with Crippen molar-refractivity contribution in [3.63, 3.8) is 0 Å². The molecular weight excluding hydrogens is 524 g/mol. The molecule has 0 aliphatic heterocycles. The number of unbranched alkanes of at least 4 members (excludes halogenated alkanes) is 1. The zero-order valence-corrected chi connectivity index (χ0v) is 22.6. The second-order valence-electron chi connectivity index (χ2n) is 9.79. The Bertz CT molecular complexity index is 1530. The van der Waals surface area contributed by atoms with E-state index in [1.165, 1.54) is 36.4 Å². The summed E-state index contributed by atoms with van der Waals surface area (Å²) in [5.74, 6) is -4.88. The van der Waals surface area contributed by atoms with Gasteiger partial charge in [-0.25, -0.2) is 0 Å². The summed E-state index contributed by atoms with van der Waals surface area (Å²) in [5, 5.41) is 19.6. The first-order valence-electron chi connectivity index (χ1n) is 13.4. The summed E-state index contributed by atoms with van der Waals surface area (Å²) in [6.07, 6.45) is 1.89. The van der Waals surface area contributed by atoms with Crippen molar-refractivity contribution in [1.82, 2.24) is 0 Å². The lowest BCUT2D eigenvalue weighted by Crippen LogP contribution is -2.30. The fourth-order valence-electron chi connectivity index (χ4n) is 4.77. The molecule has 8 nitrogen and oxygen atoms in total. The van der Waals surface area contributed by atoms with Crippen molar-refractivity contribution < 1.29 is 38.9 Å². The summed E-state index contributed by atoms with van der Waals surface area (Å²) in [4.78, 5) is 65.5. The first-order valence-corrected chi connectivity index (χ1v) is 13.4. The summed E-state index contributed by atoms with van der Waals surface area (Å²) in [7, 11) is 0. The van der Waals surface area contributed by atoms with Crippen molar-refractivity contribution in [3.8, 4) is 5.75 Å². The van der Waals surface area contributed by atoms with Crippen molar-refractivity contribution in [3.05, 3.63) is 112 Å². The second-order valence-corrected chi connectivity index (χ2v) is 9.79. The molecule has 1 aliphatic carbocycles. The highest BCUT2D eigenvalue weighted by atomic mass is 16.5. The standard InChI is InChI=1S/C33H30O8/c1-2-3-8-20-9-4-5-10-24(20)30(37)27(29(36)21-13-15-23(16-14-21)41-19-22(35)18-34)17-28-31(38)25-11-6-7-12-26(25)32(39)33(28)40/h4-7,9-16,27,34,40H,2-3,8,17-19H2,1H3. The summed E-state index contributed by atoms with van der Waals surface area (Å²) in [6, 6.07) is 18.8. The van der Waals surface area contributed by atoms with E-state index in [1.807, 2.05) is 19.1 Å². The van der Waals surface area contributed by atoms with Crippen LogP contribution in [0.25, 0.3) is 0 Å². The van der Waals surface area contributed by atoms with E-state index in [0.717, 1.165) is 18.4 Å². The van der Waals surface area contributed by atoms with Crippen LogP contribution in [0, 0.1) is 5.92 Å². The summed E-state index contributed by atoms with van der Waals surface area (Å²) < 4.78 is 5.31. The lowest BCUT2D eigenvalue weighted by Gasteiger charge is -2.22. The molecule has 1 atom stereocenters. The molecular formula is C33H30O8. The highest BCUT2D eigenvalue weighted by Gasteiger charge is 2.38. The predicted molar refractivity (Wildman–Crippen MR) is 151 cm³/mol. The van der Waals surface area contributed by atoms with Crippen LogP contribution in [0.5, 0.6) is 5.75 Å². The van der Waals surface area contributed by atoms with E-state index < -0.39 is 53.6 Å². The molecule has 2 N–H and O–H groups in total. The fourth-order valence-corrected chi connectivity index (χ4v) is 4.77. The Balaban J connectivity index is 1.72. The van der Waals surface area contributed by atoms with Gasteiger partial charge in [0.05, 0.1) is 5.92 Å². The van der Waals surface area contributed by atoms with Gasteiger partial charge in [0, 0.05) is 27.8 Å². The van der Waals surface area contributed by atoms with Gasteiger partial charge in [0.15, 0.2) is 28.9 Å². The Kier molecular flexibility index (Phi) is 9.37. The van der Waals surface area contributed by atoms with Gasteiger partial charge in [-0.15, -0.1) is 0 Å². The lowest BCUT2D eigenvalue weighted by atomic mass is 9.79. The van der Waals surface area contributed by atoms with Gasteiger partial charge in [-0.1, -0.05) is 61.9 Å². The highest BCUT2D eigenvalue weighted by molar-refractivity contribution is 6.27. The van der Waals surface area contributed by atoms with Crippen LogP contribution < -0.4 is 4.74 Å². The smallest absolute Gasteiger partial charge is 0.228 e. The maximum atomic E-state index is 14.0. The number of carbonyl (C=O) groups is 5. The summed E-state index contributed by atoms with van der Waals surface area (Å²) in [5.41, 5.74) is 1.14. The van der Waals surface area contributed by atoms with Crippen LogP contribution in [0.15, 0.2) is 84.1 Å². The van der Waals surface area contributed by atoms with Crippen LogP contribution in [0.4, 0.5) is 0 Å². The lowest BCUT2D eigenvalue weighted by molar-refractivity contribution is -0.123. The molecule has 1 aliphatic rings. The molecule has 210 valence electrons. The third-order valence-corrected chi connectivity index (χ3v) is 7.03. The number of fused-ring (bicyclic) bond motifs is 1. The predicted octanol–water partition coefficient (Wildman–Crippen LogP) is 4.93. The van der Waals surface area contributed by atoms with Gasteiger partial charge in [0.1, 0.15) is 19.0 Å². The molecule has 3 aromatic carbocycles. The van der Waals surface area contributed by atoms with Crippen LogP contribution in [0.3, 0.4) is 0 Å². The van der Waals surface area contributed by atoms with Gasteiger partial charge in [-0.3, -0.25) is 24.0 Å². The zero-order chi connectivity index (χ0) is 29.5. The number of allylic oxidation sites excluding steroid dienone is 2. The van der Waals surface area contributed by atoms with E-state index in [2.05, 4.69) is 0 Å². The van der Waals surface area contributed by atoms with Crippen molar-refractivity contribution in [1.29, 1.82) is 0 Å². The number of ketones is 5. The van der Waals surface area contributed by atoms with E-state index in [9.17, 15) is 29.1 Å². The van der Waals surface area contributed by atoms with Crippen LogP contribution >= 0.6 is 0 Å². The van der Waals surface area contributed by atoms with E-state index in [1.54, 1.807) is 24.3 Å². The maximum Gasteiger partial charge on any atom is 0.228 e. The average Bonchev–Trinajstić information content (AvgIpc) is 3.01. The molecule has 0 spiro atoms. The number of carbonyl (C=O) groups excluding carboxylic acids is 5. The van der Waals surface area contributed by atoms with Gasteiger partial charge in [0.25, 0.3) is 0 Å². The molecule has 0 radical (unpaired) electrons. The van der Waals surface area contributed by atoms with Gasteiger partial charge in [0.2, 0.25) is 5.78 Å². The normalized spacial score (nSPS) is 13.5. The van der Waals surface area contributed by atoms with Gasteiger partial charge >= 0.3 is 0 Å². The number of ether oxygens (including phenoxy) is 1. The number of aliphatic hydroxyl groups excluding tert-OH is 2. The summed E-state index contributed by atoms with van der Waals surface area (Å²) >= 11 is 0. The third-order valence-electron chi connectivity index (χ3n) is 7.03. The van der Waals surface area contributed by atoms with E-state index in [0.29, 0.717) is 12.0 Å². The number of rotatable bonds is 13. The van der Waals surface area contributed by atoms with Gasteiger partial charge in [-0.2, -0.15) is 0 Å². The molecule has 4 rings (SSSR count). The minimum atomic E-state index is -1.40. The molecule has 0 saturated carbocycles. The number of benzene rings is 3. The number of hydrogen-bond donors (Lipinski definition) is 2. The number of aliphatic hydroxyl groups is 2. The Labute approximate surface area is 237 Å². The average molecular weight is 555 g/mol. The number of hydrogen-bond acceptors (Lipinski definition) is 8. The highest BCUT2D eigenvalue weighted by Crippen LogP contribution is 2.32. The molecule has 0 aromatic heterocycles. The number of aryl methyl sites for hydroxylation is 1. The second kappa shape index (κ2) is 13.1. The SMILES string of the molecule is CCCCc1ccccc1C(=O)C(CC1=C(O)C(=O)c2ccccc2C1=O)C(=O)c1ccc(OCC(=O)CO)cc1. The van der Waals surface area contributed by atoms with Crippen molar-refractivity contribution >= 4 is 28.9 Å². The van der Waals surface area contributed by atoms with Crippen LogP contribution in [0.1, 0.15) is 73.2 Å². The van der Waals surface area contributed by atoms with Gasteiger partial charge < -0.3 is 14.9 Å². The van der Waals surface area contributed by atoms with Crippen molar-refractivity contribution in [2.75, 3.05) is 13.2 Å². The monoisotopic (exact) mass is 554 g/mol. The van der Waals surface area contributed by atoms with Crippen molar-refractivity contribution in [2.45, 2.75) is 32.6 Å². The molecule has 1 unspecified atom stereocenters. The number of Topliss-reactive ketones (excluding diaryl/α,β-unsaturated/α-hetero) is 5. The molecule has 0 heterocycles. The topological polar surface area (TPSA) is 135 Å². The van der Waals surface area contributed by atoms with E-state index >= 15 is 0 Å². The van der Waals surface area contributed by atoms with Crippen LogP contribution in [-0.4, -0.2) is 52.3 Å². The largest absolute Gasteiger partial charge is 0.504 e. The first-order chi connectivity index (χ1) is 19.8. The van der Waals surface area contributed by atoms with Crippen LogP contribution in [-0.2, 0) is 11.2 Å². The minimum absolute atomic E-state index is 0.0631. The van der Waals surface area contributed by atoms with Crippen LogP contribution in [0.2, 0.25) is 0 Å². The quantitative estimate of drug-likeness (QED) is 0.224. The maximum absolute atomic E-state index is 14.0. The summed E-state index contributed by atoms with van der Waals surface area (Å²) in [6.45, 7) is 1.03. The van der Waals surface area contributed by atoms with Gasteiger partial charge in [-0.05, 0) is 49.1 Å². The molecule has 0 saturated heterocycles.